The van der Waals surface area contributed by atoms with Crippen LogP contribution in [0.15, 0.2) is 72.8 Å². The second-order valence-electron chi connectivity index (χ2n) is 6.98. The highest BCUT2D eigenvalue weighted by Gasteiger charge is 2.29. The molecule has 0 aliphatic heterocycles. The average Bonchev–Trinajstić information content (AvgIpc) is 3.10. The summed E-state index contributed by atoms with van der Waals surface area (Å²) in [6, 6.07) is 23.0. The van der Waals surface area contributed by atoms with Crippen LogP contribution < -0.4 is 10.1 Å². The maximum atomic E-state index is 12.4. The summed E-state index contributed by atoms with van der Waals surface area (Å²) in [6.07, 6.45) is -0.554. The number of aliphatic hydroxyl groups is 1. The molecule has 1 unspecified atom stereocenters. The molecule has 148 valence electrons. The van der Waals surface area contributed by atoms with Gasteiger partial charge in [-0.2, -0.15) is 0 Å². The maximum Gasteiger partial charge on any atom is 0.407 e. The van der Waals surface area contributed by atoms with Crippen LogP contribution in [0.3, 0.4) is 0 Å². The number of hydrogen-bond acceptors (Lipinski definition) is 4. The molecule has 2 N–H and O–H groups in total. The number of fused-ring (bicyclic) bond motifs is 3. The highest BCUT2D eigenvalue weighted by molar-refractivity contribution is 5.79. The standard InChI is InChI=1S/C24H23NO4/c1-28-17-12-10-16(11-13-17)23(14-26)25-24(27)29-15-22-20-8-4-2-6-18(20)19-7-3-5-9-21(19)22/h2-13,22-23,26H,14-15H2,1H3,(H,25,27). The van der Waals surface area contributed by atoms with Crippen molar-refractivity contribution in [2.24, 2.45) is 0 Å². The zero-order valence-corrected chi connectivity index (χ0v) is 16.2. The summed E-state index contributed by atoms with van der Waals surface area (Å²) in [5.41, 5.74) is 5.47. The lowest BCUT2D eigenvalue weighted by molar-refractivity contribution is 0.132. The van der Waals surface area contributed by atoms with E-state index in [9.17, 15) is 9.90 Å². The number of alkyl carbamates (subject to hydrolysis) is 1. The molecular weight excluding hydrogens is 366 g/mol. The SMILES string of the molecule is COc1ccc(C(CO)NC(=O)OCC2c3ccccc3-c3ccccc32)cc1. The van der Waals surface area contributed by atoms with E-state index in [0.29, 0.717) is 5.75 Å². The number of carbonyl (C=O) groups excluding carboxylic acids is 1. The molecular formula is C24H23NO4. The molecule has 29 heavy (non-hydrogen) atoms. The van der Waals surface area contributed by atoms with E-state index in [1.54, 1.807) is 19.2 Å². The second kappa shape index (κ2) is 8.37. The van der Waals surface area contributed by atoms with Crippen LogP contribution in [0.5, 0.6) is 5.75 Å². The van der Waals surface area contributed by atoms with E-state index in [-0.39, 0.29) is 19.1 Å². The molecule has 0 bridgehead atoms. The molecule has 5 heteroatoms. The Hall–Kier alpha value is -3.31. The lowest BCUT2D eigenvalue weighted by atomic mass is 9.98. The average molecular weight is 389 g/mol. The Morgan fingerprint density at radius 2 is 1.55 bits per heavy atom. The van der Waals surface area contributed by atoms with Gasteiger partial charge in [-0.15, -0.1) is 0 Å². The van der Waals surface area contributed by atoms with Gasteiger partial charge < -0.3 is 19.9 Å². The molecule has 1 aliphatic carbocycles. The van der Waals surface area contributed by atoms with Crippen molar-refractivity contribution >= 4 is 6.09 Å². The van der Waals surface area contributed by atoms with Gasteiger partial charge in [-0.3, -0.25) is 0 Å². The van der Waals surface area contributed by atoms with Crippen molar-refractivity contribution in [3.8, 4) is 16.9 Å². The Bertz CT molecular complexity index is 954. The fourth-order valence-electron chi connectivity index (χ4n) is 3.85. The predicted molar refractivity (Wildman–Crippen MR) is 111 cm³/mol. The lowest BCUT2D eigenvalue weighted by Gasteiger charge is -2.19. The summed E-state index contributed by atoms with van der Waals surface area (Å²) in [5, 5.41) is 12.4. The zero-order valence-electron chi connectivity index (χ0n) is 16.2. The van der Waals surface area contributed by atoms with Crippen LogP contribution >= 0.6 is 0 Å². The monoisotopic (exact) mass is 389 g/mol. The minimum Gasteiger partial charge on any atom is -0.497 e. The number of rotatable bonds is 6. The molecule has 5 nitrogen and oxygen atoms in total. The molecule has 3 aromatic carbocycles. The summed E-state index contributed by atoms with van der Waals surface area (Å²) in [6.45, 7) is 0.0111. The van der Waals surface area contributed by atoms with E-state index in [1.165, 1.54) is 11.1 Å². The maximum absolute atomic E-state index is 12.4. The van der Waals surface area contributed by atoms with Gasteiger partial charge in [0.1, 0.15) is 12.4 Å². The fraction of sp³-hybridized carbons (Fsp3) is 0.208. The predicted octanol–water partition coefficient (Wildman–Crippen LogP) is 4.27. The third-order valence-electron chi connectivity index (χ3n) is 5.34. The zero-order chi connectivity index (χ0) is 20.2. The summed E-state index contributed by atoms with van der Waals surface area (Å²) in [5.74, 6) is 0.716. The number of amides is 1. The minimum absolute atomic E-state index is 0.00159. The van der Waals surface area contributed by atoms with Crippen LogP contribution in [0.4, 0.5) is 4.79 Å². The molecule has 0 heterocycles. The van der Waals surface area contributed by atoms with Gasteiger partial charge in [0.15, 0.2) is 0 Å². The first-order chi connectivity index (χ1) is 14.2. The fourth-order valence-corrected chi connectivity index (χ4v) is 3.85. The van der Waals surface area contributed by atoms with E-state index in [4.69, 9.17) is 9.47 Å². The van der Waals surface area contributed by atoms with E-state index in [1.807, 2.05) is 36.4 Å². The number of hydrogen-bond donors (Lipinski definition) is 2. The normalized spacial score (nSPS) is 13.3. The number of benzene rings is 3. The van der Waals surface area contributed by atoms with Gasteiger partial charge in [-0.1, -0.05) is 60.7 Å². The van der Waals surface area contributed by atoms with Crippen molar-refractivity contribution in [2.75, 3.05) is 20.3 Å². The molecule has 0 saturated carbocycles. The Balaban J connectivity index is 1.44. The van der Waals surface area contributed by atoms with Gasteiger partial charge in [0.25, 0.3) is 0 Å². The topological polar surface area (TPSA) is 67.8 Å². The van der Waals surface area contributed by atoms with Crippen LogP contribution in [0.2, 0.25) is 0 Å². The lowest BCUT2D eigenvalue weighted by Crippen LogP contribution is -2.32. The molecule has 0 saturated heterocycles. The van der Waals surface area contributed by atoms with Crippen molar-refractivity contribution in [3.63, 3.8) is 0 Å². The number of carbonyl (C=O) groups is 1. The van der Waals surface area contributed by atoms with Gasteiger partial charge in [-0.25, -0.2) is 4.79 Å². The van der Waals surface area contributed by atoms with Crippen molar-refractivity contribution in [2.45, 2.75) is 12.0 Å². The quantitative estimate of drug-likeness (QED) is 0.661. The Kier molecular flexibility index (Phi) is 5.49. The number of methoxy groups -OCH3 is 1. The molecule has 1 aliphatic rings. The molecule has 0 fully saturated rings. The molecule has 1 amide bonds. The summed E-state index contributed by atoms with van der Waals surface area (Å²) in [7, 11) is 1.59. The van der Waals surface area contributed by atoms with Gasteiger partial charge >= 0.3 is 6.09 Å². The molecule has 0 aromatic heterocycles. The molecule has 1 atom stereocenters. The molecule has 0 radical (unpaired) electrons. The first kappa shape index (κ1) is 19.0. The van der Waals surface area contributed by atoms with E-state index >= 15 is 0 Å². The molecule has 0 spiro atoms. The molecule has 4 rings (SSSR count). The van der Waals surface area contributed by atoms with Crippen molar-refractivity contribution in [1.82, 2.24) is 5.32 Å². The minimum atomic E-state index is -0.554. The van der Waals surface area contributed by atoms with Gasteiger partial charge in [0, 0.05) is 5.92 Å². The van der Waals surface area contributed by atoms with Crippen molar-refractivity contribution < 1.29 is 19.4 Å². The van der Waals surface area contributed by atoms with Gasteiger partial charge in [0.2, 0.25) is 0 Å². The van der Waals surface area contributed by atoms with Crippen LogP contribution in [-0.2, 0) is 4.74 Å². The van der Waals surface area contributed by atoms with Gasteiger partial charge in [0.05, 0.1) is 19.8 Å². The van der Waals surface area contributed by atoms with E-state index in [2.05, 4.69) is 29.6 Å². The first-order valence-electron chi connectivity index (χ1n) is 9.57. The Labute approximate surface area is 169 Å². The van der Waals surface area contributed by atoms with Crippen LogP contribution in [0.1, 0.15) is 28.7 Å². The third kappa shape index (κ3) is 3.82. The number of aliphatic hydroxyl groups excluding tert-OH is 1. The smallest absolute Gasteiger partial charge is 0.407 e. The summed E-state index contributed by atoms with van der Waals surface area (Å²) < 4.78 is 10.7. The van der Waals surface area contributed by atoms with Crippen LogP contribution in [0.25, 0.3) is 11.1 Å². The van der Waals surface area contributed by atoms with Crippen molar-refractivity contribution in [3.05, 3.63) is 89.5 Å². The number of nitrogens with one attached hydrogen (secondary N) is 1. The molecule has 3 aromatic rings. The summed E-state index contributed by atoms with van der Waals surface area (Å²) in [4.78, 5) is 12.4. The highest BCUT2D eigenvalue weighted by Crippen LogP contribution is 2.44. The summed E-state index contributed by atoms with van der Waals surface area (Å²) >= 11 is 0. The van der Waals surface area contributed by atoms with E-state index in [0.717, 1.165) is 16.7 Å². The number of ether oxygens (including phenoxy) is 2. The van der Waals surface area contributed by atoms with Crippen LogP contribution in [-0.4, -0.2) is 31.5 Å². The largest absolute Gasteiger partial charge is 0.497 e. The first-order valence-corrected chi connectivity index (χ1v) is 9.57. The van der Waals surface area contributed by atoms with Crippen molar-refractivity contribution in [1.29, 1.82) is 0 Å². The van der Waals surface area contributed by atoms with Crippen LogP contribution in [0, 0.1) is 0 Å². The van der Waals surface area contributed by atoms with Gasteiger partial charge in [-0.05, 0) is 39.9 Å². The third-order valence-corrected chi connectivity index (χ3v) is 5.34. The van der Waals surface area contributed by atoms with E-state index < -0.39 is 12.1 Å². The Morgan fingerprint density at radius 1 is 0.966 bits per heavy atom. The second-order valence-corrected chi connectivity index (χ2v) is 6.98. The highest BCUT2D eigenvalue weighted by atomic mass is 16.5. The Morgan fingerprint density at radius 3 is 2.10 bits per heavy atom.